The number of unbranched alkanes of at least 4 members (excludes halogenated alkanes) is 13. The fourth-order valence-electron chi connectivity index (χ4n) is 3.32. The highest BCUT2D eigenvalue weighted by atomic mass is 32.2. The fraction of sp³-hybridized carbons (Fsp3) is 0.727. The zero-order valence-corrected chi connectivity index (χ0v) is 17.4. The Morgan fingerprint density at radius 1 is 0.731 bits per heavy atom. The topological polar surface area (TPSA) is 46.5 Å². The van der Waals surface area contributed by atoms with E-state index in [2.05, 4.69) is 6.92 Å². The van der Waals surface area contributed by atoms with Gasteiger partial charge in [-0.15, -0.1) is 0 Å². The maximum atomic E-state index is 10.6. The molecule has 1 aromatic carbocycles. The van der Waals surface area contributed by atoms with Crippen LogP contribution in [0, 0.1) is 0 Å². The summed E-state index contributed by atoms with van der Waals surface area (Å²) in [5.74, 6) is 0.440. The summed E-state index contributed by atoms with van der Waals surface area (Å²) in [5, 5.41) is 0. The van der Waals surface area contributed by atoms with Gasteiger partial charge in [-0.3, -0.25) is 4.55 Å². The average molecular weight is 383 g/mol. The fourth-order valence-corrected chi connectivity index (χ4v) is 3.59. The molecular formula is C22H38O3S. The third kappa shape index (κ3) is 13.3. The average Bonchev–Trinajstić information content (AvgIpc) is 2.63. The van der Waals surface area contributed by atoms with Crippen LogP contribution in [0.5, 0.6) is 5.75 Å². The summed E-state index contributed by atoms with van der Waals surface area (Å²) < 4.78 is 24.0. The lowest BCUT2D eigenvalue weighted by Gasteiger charge is -2.05. The molecule has 1 atom stereocenters. The molecule has 1 aromatic rings. The van der Waals surface area contributed by atoms with E-state index >= 15 is 0 Å². The summed E-state index contributed by atoms with van der Waals surface area (Å²) in [6.45, 7) is 2.28. The van der Waals surface area contributed by atoms with Gasteiger partial charge < -0.3 is 4.18 Å². The van der Waals surface area contributed by atoms with E-state index in [4.69, 9.17) is 8.74 Å². The van der Waals surface area contributed by atoms with Crippen LogP contribution in [0.2, 0.25) is 0 Å². The molecule has 0 spiro atoms. The lowest BCUT2D eigenvalue weighted by atomic mass is 10.0. The zero-order valence-electron chi connectivity index (χ0n) is 16.6. The van der Waals surface area contributed by atoms with E-state index in [-0.39, 0.29) is 0 Å². The van der Waals surface area contributed by atoms with Crippen LogP contribution in [0.15, 0.2) is 24.3 Å². The summed E-state index contributed by atoms with van der Waals surface area (Å²) in [6.07, 6.45) is 20.4. The van der Waals surface area contributed by atoms with Crippen LogP contribution < -0.4 is 4.18 Å². The second kappa shape index (κ2) is 16.3. The Labute approximate surface area is 163 Å². The van der Waals surface area contributed by atoms with Gasteiger partial charge in [-0.2, -0.15) is 4.21 Å². The van der Waals surface area contributed by atoms with E-state index in [0.29, 0.717) is 5.75 Å². The van der Waals surface area contributed by atoms with Gasteiger partial charge in [-0.05, 0) is 30.5 Å². The molecule has 0 fully saturated rings. The van der Waals surface area contributed by atoms with E-state index in [9.17, 15) is 4.21 Å². The molecule has 0 aliphatic rings. The minimum absolute atomic E-state index is 0.440. The predicted molar refractivity (Wildman–Crippen MR) is 112 cm³/mol. The van der Waals surface area contributed by atoms with Crippen LogP contribution >= 0.6 is 0 Å². The van der Waals surface area contributed by atoms with E-state index in [0.717, 1.165) is 6.42 Å². The molecule has 4 heteroatoms. The molecule has 1 N–H and O–H groups in total. The maximum absolute atomic E-state index is 10.6. The van der Waals surface area contributed by atoms with Gasteiger partial charge in [-0.25, -0.2) is 0 Å². The first kappa shape index (κ1) is 23.2. The van der Waals surface area contributed by atoms with Gasteiger partial charge >= 0.3 is 11.4 Å². The zero-order chi connectivity index (χ0) is 18.9. The molecule has 0 radical (unpaired) electrons. The lowest BCUT2D eigenvalue weighted by Crippen LogP contribution is -1.97. The van der Waals surface area contributed by atoms with Gasteiger partial charge in [0.2, 0.25) is 0 Å². The van der Waals surface area contributed by atoms with Crippen molar-refractivity contribution >= 4 is 11.4 Å². The molecular weight excluding hydrogens is 344 g/mol. The summed E-state index contributed by atoms with van der Waals surface area (Å²) >= 11 is -2.24. The summed E-state index contributed by atoms with van der Waals surface area (Å²) in [6, 6.07) is 7.47. The van der Waals surface area contributed by atoms with Crippen molar-refractivity contribution in [2.45, 2.75) is 103 Å². The quantitative estimate of drug-likeness (QED) is 0.228. The molecule has 0 aliphatic heterocycles. The van der Waals surface area contributed by atoms with Crippen LogP contribution in [-0.2, 0) is 17.8 Å². The SMILES string of the molecule is CCCCCCCCCCCCCCCCc1ccc(OS(=O)O)cc1. The van der Waals surface area contributed by atoms with Gasteiger partial charge in [0.05, 0.1) is 0 Å². The maximum Gasteiger partial charge on any atom is 0.357 e. The first-order valence-electron chi connectivity index (χ1n) is 10.6. The highest BCUT2D eigenvalue weighted by molar-refractivity contribution is 7.74. The van der Waals surface area contributed by atoms with Crippen LogP contribution in [0.1, 0.15) is 102 Å². The van der Waals surface area contributed by atoms with Gasteiger partial charge in [0.1, 0.15) is 5.75 Å². The van der Waals surface area contributed by atoms with E-state index in [1.807, 2.05) is 12.1 Å². The Kier molecular flexibility index (Phi) is 14.5. The first-order chi connectivity index (χ1) is 12.7. The van der Waals surface area contributed by atoms with Crippen LogP contribution in [0.25, 0.3) is 0 Å². The smallest absolute Gasteiger partial charge is 0.357 e. The van der Waals surface area contributed by atoms with E-state index in [1.165, 1.54) is 95.5 Å². The molecule has 150 valence electrons. The highest BCUT2D eigenvalue weighted by Crippen LogP contribution is 2.16. The van der Waals surface area contributed by atoms with Crippen molar-refractivity contribution < 1.29 is 12.9 Å². The second-order valence-electron chi connectivity index (χ2n) is 7.29. The minimum Gasteiger partial charge on any atom is -0.380 e. The number of benzene rings is 1. The molecule has 0 amide bonds. The molecule has 0 saturated heterocycles. The van der Waals surface area contributed by atoms with Crippen molar-refractivity contribution in [2.24, 2.45) is 0 Å². The Morgan fingerprint density at radius 3 is 1.58 bits per heavy atom. The van der Waals surface area contributed by atoms with Crippen molar-refractivity contribution in [3.05, 3.63) is 29.8 Å². The van der Waals surface area contributed by atoms with Crippen molar-refractivity contribution in [3.63, 3.8) is 0 Å². The molecule has 26 heavy (non-hydrogen) atoms. The molecule has 1 rings (SSSR count). The monoisotopic (exact) mass is 382 g/mol. The molecule has 0 heterocycles. The Bertz CT molecular complexity index is 459. The van der Waals surface area contributed by atoms with Crippen LogP contribution in [0.4, 0.5) is 0 Å². The number of hydrogen-bond donors (Lipinski definition) is 1. The van der Waals surface area contributed by atoms with Gasteiger partial charge in [0.15, 0.2) is 0 Å². The first-order valence-corrected chi connectivity index (χ1v) is 11.6. The summed E-state index contributed by atoms with van der Waals surface area (Å²) in [4.78, 5) is 0. The van der Waals surface area contributed by atoms with Crippen LogP contribution in [0.3, 0.4) is 0 Å². The summed E-state index contributed by atoms with van der Waals surface area (Å²) in [7, 11) is 0. The molecule has 0 aromatic heterocycles. The van der Waals surface area contributed by atoms with Crippen molar-refractivity contribution in [3.8, 4) is 5.75 Å². The standard InChI is InChI=1S/C22H38O3S/c1-2-3-4-5-6-7-8-9-10-11-12-13-14-15-16-21-17-19-22(20-18-21)25-26(23)24/h17-20H,2-16H2,1H3,(H,23,24). The van der Waals surface area contributed by atoms with Crippen LogP contribution in [-0.4, -0.2) is 8.76 Å². The van der Waals surface area contributed by atoms with Crippen molar-refractivity contribution in [2.75, 3.05) is 0 Å². The molecule has 0 saturated carbocycles. The number of aryl methyl sites for hydroxylation is 1. The third-order valence-electron chi connectivity index (χ3n) is 4.91. The van der Waals surface area contributed by atoms with Gasteiger partial charge in [-0.1, -0.05) is 103 Å². The Hall–Kier alpha value is -0.870. The van der Waals surface area contributed by atoms with E-state index < -0.39 is 11.4 Å². The number of hydrogen-bond acceptors (Lipinski definition) is 2. The van der Waals surface area contributed by atoms with E-state index in [1.54, 1.807) is 12.1 Å². The van der Waals surface area contributed by atoms with Crippen molar-refractivity contribution in [1.29, 1.82) is 0 Å². The normalized spacial score (nSPS) is 12.2. The van der Waals surface area contributed by atoms with Gasteiger partial charge in [0, 0.05) is 0 Å². The molecule has 0 aliphatic carbocycles. The minimum atomic E-state index is -2.24. The molecule has 0 bridgehead atoms. The third-order valence-corrected chi connectivity index (χ3v) is 5.24. The largest absolute Gasteiger partial charge is 0.380 e. The predicted octanol–water partition coefficient (Wildman–Crippen LogP) is 7.23. The highest BCUT2D eigenvalue weighted by Gasteiger charge is 1.99. The van der Waals surface area contributed by atoms with Gasteiger partial charge in [0.25, 0.3) is 0 Å². The lowest BCUT2D eigenvalue weighted by molar-refractivity contribution is 0.458. The van der Waals surface area contributed by atoms with Crippen molar-refractivity contribution in [1.82, 2.24) is 0 Å². The Morgan fingerprint density at radius 2 is 1.15 bits per heavy atom. The molecule has 3 nitrogen and oxygen atoms in total. The second-order valence-corrected chi connectivity index (χ2v) is 7.89. The summed E-state index contributed by atoms with van der Waals surface area (Å²) in [5.41, 5.74) is 1.26. The Balaban J connectivity index is 1.87. The number of rotatable bonds is 17. The molecule has 1 unspecified atom stereocenters.